The fraction of sp³-hybridized carbons (Fsp3) is 0.667. The SMILES string of the molecule is CCOC(=O)C(C)(C)n1cc(NC(=O)[C@@H](N)CC(C)C)cn1. The van der Waals surface area contributed by atoms with Gasteiger partial charge < -0.3 is 15.8 Å². The van der Waals surface area contributed by atoms with E-state index in [1.54, 1.807) is 27.0 Å². The number of carbonyl (C=O) groups excluding carboxylic acids is 2. The van der Waals surface area contributed by atoms with Gasteiger partial charge in [0, 0.05) is 6.20 Å². The molecule has 7 nitrogen and oxygen atoms in total. The Morgan fingerprint density at radius 1 is 1.45 bits per heavy atom. The third-order valence-corrected chi connectivity index (χ3v) is 3.26. The normalized spacial score (nSPS) is 13.0. The molecule has 0 aliphatic heterocycles. The highest BCUT2D eigenvalue weighted by Crippen LogP contribution is 2.19. The van der Waals surface area contributed by atoms with Gasteiger partial charge in [-0.3, -0.25) is 9.48 Å². The van der Waals surface area contributed by atoms with Gasteiger partial charge >= 0.3 is 5.97 Å². The van der Waals surface area contributed by atoms with Gasteiger partial charge in [0.2, 0.25) is 5.91 Å². The Kier molecular flexibility index (Phi) is 6.11. The summed E-state index contributed by atoms with van der Waals surface area (Å²) in [5.41, 5.74) is 5.39. The maximum atomic E-state index is 12.0. The van der Waals surface area contributed by atoms with E-state index < -0.39 is 11.6 Å². The Morgan fingerprint density at radius 3 is 2.64 bits per heavy atom. The summed E-state index contributed by atoms with van der Waals surface area (Å²) in [6.07, 6.45) is 3.69. The predicted molar refractivity (Wildman–Crippen MR) is 84.2 cm³/mol. The number of anilines is 1. The Labute approximate surface area is 131 Å². The molecular formula is C15H26N4O3. The number of rotatable bonds is 7. The number of esters is 1. The van der Waals surface area contributed by atoms with E-state index in [0.29, 0.717) is 24.6 Å². The van der Waals surface area contributed by atoms with Crippen molar-refractivity contribution in [2.45, 2.75) is 52.6 Å². The van der Waals surface area contributed by atoms with Crippen LogP contribution in [0.25, 0.3) is 0 Å². The number of amides is 1. The summed E-state index contributed by atoms with van der Waals surface area (Å²) in [7, 11) is 0. The summed E-state index contributed by atoms with van der Waals surface area (Å²) in [5, 5.41) is 6.84. The van der Waals surface area contributed by atoms with Crippen LogP contribution in [0.2, 0.25) is 0 Å². The summed E-state index contributed by atoms with van der Waals surface area (Å²) in [5.74, 6) is -0.305. The lowest BCUT2D eigenvalue weighted by molar-refractivity contribution is -0.152. The standard InChI is InChI=1S/C15H26N4O3/c1-6-22-14(21)15(4,5)19-9-11(8-17-19)18-13(20)12(16)7-10(2)3/h8-10,12H,6-7,16H2,1-5H3,(H,18,20)/t12-/m0/s1. The van der Waals surface area contributed by atoms with Crippen LogP contribution >= 0.6 is 0 Å². The molecular weight excluding hydrogens is 284 g/mol. The van der Waals surface area contributed by atoms with Crippen LogP contribution < -0.4 is 11.1 Å². The molecule has 124 valence electrons. The molecule has 3 N–H and O–H groups in total. The number of hydrogen-bond acceptors (Lipinski definition) is 5. The molecule has 0 aliphatic rings. The smallest absolute Gasteiger partial charge is 0.333 e. The van der Waals surface area contributed by atoms with Crippen molar-refractivity contribution in [3.63, 3.8) is 0 Å². The average molecular weight is 310 g/mol. The Hall–Kier alpha value is -1.89. The number of aromatic nitrogens is 2. The molecule has 0 unspecified atom stereocenters. The monoisotopic (exact) mass is 310 g/mol. The van der Waals surface area contributed by atoms with Gasteiger partial charge in [0.05, 0.1) is 24.5 Å². The minimum atomic E-state index is -0.945. The van der Waals surface area contributed by atoms with E-state index in [-0.39, 0.29) is 11.9 Å². The number of nitrogens with two attached hydrogens (primary N) is 1. The summed E-state index contributed by atoms with van der Waals surface area (Å²) in [4.78, 5) is 23.9. The zero-order valence-electron chi connectivity index (χ0n) is 13.9. The number of carbonyl (C=O) groups is 2. The van der Waals surface area contributed by atoms with Crippen molar-refractivity contribution < 1.29 is 14.3 Å². The fourth-order valence-corrected chi connectivity index (χ4v) is 1.94. The highest BCUT2D eigenvalue weighted by Gasteiger charge is 2.32. The Balaban J connectivity index is 2.76. The minimum Gasteiger partial charge on any atom is -0.464 e. The maximum Gasteiger partial charge on any atom is 0.333 e. The average Bonchev–Trinajstić information content (AvgIpc) is 2.87. The summed E-state index contributed by atoms with van der Waals surface area (Å²) >= 11 is 0. The molecule has 1 rings (SSSR count). The highest BCUT2D eigenvalue weighted by molar-refractivity contribution is 5.94. The molecule has 0 saturated carbocycles. The molecule has 7 heteroatoms. The quantitative estimate of drug-likeness (QED) is 0.743. The lowest BCUT2D eigenvalue weighted by Crippen LogP contribution is -2.38. The van der Waals surface area contributed by atoms with Crippen molar-refractivity contribution in [1.29, 1.82) is 0 Å². The van der Waals surface area contributed by atoms with Crippen molar-refractivity contribution >= 4 is 17.6 Å². The highest BCUT2D eigenvalue weighted by atomic mass is 16.5. The second-order valence-corrected chi connectivity index (χ2v) is 6.18. The van der Waals surface area contributed by atoms with E-state index in [9.17, 15) is 9.59 Å². The first-order valence-electron chi connectivity index (χ1n) is 7.47. The van der Waals surface area contributed by atoms with Crippen molar-refractivity contribution in [3.05, 3.63) is 12.4 Å². The van der Waals surface area contributed by atoms with Gasteiger partial charge in [-0.15, -0.1) is 0 Å². The third-order valence-electron chi connectivity index (χ3n) is 3.26. The molecule has 1 aromatic heterocycles. The topological polar surface area (TPSA) is 99.2 Å². The molecule has 1 atom stereocenters. The lowest BCUT2D eigenvalue weighted by atomic mass is 10.0. The second kappa shape index (κ2) is 7.40. The van der Waals surface area contributed by atoms with Crippen molar-refractivity contribution in [2.75, 3.05) is 11.9 Å². The van der Waals surface area contributed by atoms with Gasteiger partial charge in [0.1, 0.15) is 0 Å². The van der Waals surface area contributed by atoms with Gasteiger partial charge in [-0.1, -0.05) is 13.8 Å². The summed E-state index contributed by atoms with van der Waals surface area (Å²) in [6.45, 7) is 9.47. The molecule has 0 radical (unpaired) electrons. The summed E-state index contributed by atoms with van der Waals surface area (Å²) in [6, 6.07) is -0.568. The first kappa shape index (κ1) is 18.2. The van der Waals surface area contributed by atoms with Crippen LogP contribution in [0.3, 0.4) is 0 Å². The van der Waals surface area contributed by atoms with Crippen LogP contribution in [-0.4, -0.2) is 34.3 Å². The van der Waals surface area contributed by atoms with Gasteiger partial charge in [0.15, 0.2) is 5.54 Å². The lowest BCUT2D eigenvalue weighted by Gasteiger charge is -2.22. The van der Waals surface area contributed by atoms with Crippen LogP contribution in [0.1, 0.15) is 41.0 Å². The molecule has 0 fully saturated rings. The summed E-state index contributed by atoms with van der Waals surface area (Å²) < 4.78 is 6.49. The van der Waals surface area contributed by atoms with Gasteiger partial charge in [-0.25, -0.2) is 4.79 Å². The minimum absolute atomic E-state index is 0.262. The number of ether oxygens (including phenoxy) is 1. The largest absolute Gasteiger partial charge is 0.464 e. The van der Waals surface area contributed by atoms with Crippen LogP contribution in [0.4, 0.5) is 5.69 Å². The van der Waals surface area contributed by atoms with E-state index in [1.165, 1.54) is 10.9 Å². The number of hydrogen-bond donors (Lipinski definition) is 2. The van der Waals surface area contributed by atoms with E-state index in [4.69, 9.17) is 10.5 Å². The zero-order chi connectivity index (χ0) is 16.9. The van der Waals surface area contributed by atoms with Crippen molar-refractivity contribution in [1.82, 2.24) is 9.78 Å². The van der Waals surface area contributed by atoms with Gasteiger partial charge in [0.25, 0.3) is 0 Å². The second-order valence-electron chi connectivity index (χ2n) is 6.18. The van der Waals surface area contributed by atoms with Crippen LogP contribution in [0, 0.1) is 5.92 Å². The molecule has 1 amide bonds. The van der Waals surface area contributed by atoms with Crippen LogP contribution in [-0.2, 0) is 19.9 Å². The van der Waals surface area contributed by atoms with Crippen molar-refractivity contribution in [3.8, 4) is 0 Å². The molecule has 22 heavy (non-hydrogen) atoms. The van der Waals surface area contributed by atoms with E-state index in [2.05, 4.69) is 10.4 Å². The number of nitrogens with one attached hydrogen (secondary N) is 1. The Morgan fingerprint density at radius 2 is 2.09 bits per heavy atom. The molecule has 1 heterocycles. The maximum absolute atomic E-state index is 12.0. The molecule has 0 spiro atoms. The van der Waals surface area contributed by atoms with Gasteiger partial charge in [-0.2, -0.15) is 5.10 Å². The van der Waals surface area contributed by atoms with Crippen LogP contribution in [0.15, 0.2) is 12.4 Å². The first-order valence-corrected chi connectivity index (χ1v) is 7.47. The molecule has 0 bridgehead atoms. The Bertz CT molecular complexity index is 523. The molecule has 0 aliphatic carbocycles. The van der Waals surface area contributed by atoms with E-state index >= 15 is 0 Å². The first-order chi connectivity index (χ1) is 10.2. The number of nitrogens with zero attached hydrogens (tertiary/aromatic N) is 2. The van der Waals surface area contributed by atoms with Gasteiger partial charge in [-0.05, 0) is 33.1 Å². The van der Waals surface area contributed by atoms with E-state index in [1.807, 2.05) is 13.8 Å². The molecule has 0 saturated heterocycles. The third kappa shape index (κ3) is 4.56. The molecule has 0 aromatic carbocycles. The fourth-order valence-electron chi connectivity index (χ4n) is 1.94. The van der Waals surface area contributed by atoms with E-state index in [0.717, 1.165) is 0 Å². The molecule has 1 aromatic rings. The van der Waals surface area contributed by atoms with Crippen molar-refractivity contribution in [2.24, 2.45) is 11.7 Å². The van der Waals surface area contributed by atoms with Crippen LogP contribution in [0.5, 0.6) is 0 Å². The zero-order valence-corrected chi connectivity index (χ0v) is 13.9. The predicted octanol–water partition coefficient (Wildman–Crippen LogP) is 1.49.